The molecule has 0 saturated heterocycles. The van der Waals surface area contributed by atoms with Gasteiger partial charge in [0, 0.05) is 12.1 Å². The largest absolute Gasteiger partial charge is 0.289 e. The minimum absolute atomic E-state index is 0.0624. The third kappa shape index (κ3) is 2.55. The summed E-state index contributed by atoms with van der Waals surface area (Å²) in [5, 5.41) is 11.1. The first-order chi connectivity index (χ1) is 10.9. The molecule has 4 fully saturated rings. The number of rotatable bonds is 4. The molecule has 4 aliphatic carbocycles. The zero-order chi connectivity index (χ0) is 16.2. The predicted molar refractivity (Wildman–Crippen MR) is 84.3 cm³/mol. The maximum absolute atomic E-state index is 12.7. The van der Waals surface area contributed by atoms with Gasteiger partial charge in [0.2, 0.25) is 10.0 Å². The molecular formula is C16H20N2O4S. The van der Waals surface area contributed by atoms with Crippen LogP contribution < -0.4 is 4.72 Å². The first-order valence-corrected chi connectivity index (χ1v) is 9.68. The van der Waals surface area contributed by atoms with E-state index in [9.17, 15) is 18.5 Å². The van der Waals surface area contributed by atoms with Gasteiger partial charge >= 0.3 is 0 Å². The van der Waals surface area contributed by atoms with E-state index in [2.05, 4.69) is 4.72 Å². The van der Waals surface area contributed by atoms with E-state index in [4.69, 9.17) is 0 Å². The minimum Gasteiger partial charge on any atom is -0.258 e. The lowest BCUT2D eigenvalue weighted by molar-refractivity contribution is -0.387. The molecule has 6 nitrogen and oxygen atoms in total. The number of nitrogens with zero attached hydrogens (tertiary/aromatic N) is 1. The Morgan fingerprint density at radius 2 is 1.57 bits per heavy atom. The van der Waals surface area contributed by atoms with E-state index >= 15 is 0 Å². The second-order valence-corrected chi connectivity index (χ2v) is 8.99. The Balaban J connectivity index is 1.62. The van der Waals surface area contributed by atoms with Gasteiger partial charge in [-0.2, -0.15) is 0 Å². The summed E-state index contributed by atoms with van der Waals surface area (Å²) in [6.45, 7) is 0. The van der Waals surface area contributed by atoms with Crippen molar-refractivity contribution >= 4 is 15.7 Å². The molecular weight excluding hydrogens is 316 g/mol. The highest BCUT2D eigenvalue weighted by molar-refractivity contribution is 7.89. The fourth-order valence-electron chi connectivity index (χ4n) is 5.20. The quantitative estimate of drug-likeness (QED) is 0.676. The molecule has 23 heavy (non-hydrogen) atoms. The molecule has 0 aliphatic heterocycles. The van der Waals surface area contributed by atoms with Crippen LogP contribution in [0.3, 0.4) is 0 Å². The second-order valence-electron chi connectivity index (χ2n) is 7.30. The summed E-state index contributed by atoms with van der Waals surface area (Å²) in [5.74, 6) is 2.29. The van der Waals surface area contributed by atoms with Crippen molar-refractivity contribution < 1.29 is 13.3 Å². The number of hydrogen-bond donors (Lipinski definition) is 1. The van der Waals surface area contributed by atoms with Crippen LogP contribution in [0.25, 0.3) is 0 Å². The van der Waals surface area contributed by atoms with Crippen LogP contribution in [0.1, 0.15) is 32.1 Å². The molecule has 4 bridgehead atoms. The van der Waals surface area contributed by atoms with Crippen molar-refractivity contribution in [2.75, 3.05) is 0 Å². The third-order valence-electron chi connectivity index (χ3n) is 5.87. The molecule has 1 aromatic carbocycles. The van der Waals surface area contributed by atoms with E-state index in [1.807, 2.05) is 0 Å². The van der Waals surface area contributed by atoms with Crippen LogP contribution in [0.4, 0.5) is 5.69 Å². The molecule has 1 aromatic rings. The number of para-hydroxylation sites is 1. The fourth-order valence-corrected chi connectivity index (χ4v) is 6.74. The standard InChI is InChI=1S/C16H20N2O4S/c19-18(20)14-3-1-2-4-15(14)23(21,22)17-16-12-6-10-5-11(8-12)9-13(16)7-10/h1-4,10-13,16-17H,5-9H2. The number of hydrogen-bond acceptors (Lipinski definition) is 4. The normalized spacial score (nSPS) is 35.4. The van der Waals surface area contributed by atoms with Crippen LogP contribution in [0, 0.1) is 33.8 Å². The van der Waals surface area contributed by atoms with Crippen molar-refractivity contribution in [2.45, 2.75) is 43.0 Å². The molecule has 4 saturated carbocycles. The highest BCUT2D eigenvalue weighted by Gasteiger charge is 2.49. The number of nitro benzene ring substituents is 1. The second kappa shape index (κ2) is 5.27. The van der Waals surface area contributed by atoms with Gasteiger partial charge < -0.3 is 0 Å². The molecule has 0 spiro atoms. The van der Waals surface area contributed by atoms with Crippen molar-refractivity contribution in [2.24, 2.45) is 23.7 Å². The van der Waals surface area contributed by atoms with Gasteiger partial charge in [0.05, 0.1) is 4.92 Å². The molecule has 124 valence electrons. The van der Waals surface area contributed by atoms with E-state index < -0.39 is 14.9 Å². The summed E-state index contributed by atoms with van der Waals surface area (Å²) in [5.41, 5.74) is -0.358. The molecule has 4 aliphatic rings. The van der Waals surface area contributed by atoms with E-state index in [1.54, 1.807) is 0 Å². The van der Waals surface area contributed by atoms with E-state index in [1.165, 1.54) is 30.7 Å². The summed E-state index contributed by atoms with van der Waals surface area (Å²) in [6.07, 6.45) is 5.68. The smallest absolute Gasteiger partial charge is 0.258 e. The molecule has 0 heterocycles. The molecule has 0 amide bonds. The van der Waals surface area contributed by atoms with Crippen molar-refractivity contribution in [3.8, 4) is 0 Å². The van der Waals surface area contributed by atoms with Gasteiger partial charge in [-0.05, 0) is 61.8 Å². The number of sulfonamides is 1. The summed E-state index contributed by atoms with van der Waals surface area (Å²) >= 11 is 0. The van der Waals surface area contributed by atoms with Crippen molar-refractivity contribution in [1.29, 1.82) is 0 Å². The molecule has 0 atom stereocenters. The zero-order valence-corrected chi connectivity index (χ0v) is 13.5. The zero-order valence-electron chi connectivity index (χ0n) is 12.7. The lowest BCUT2D eigenvalue weighted by atomic mass is 9.54. The van der Waals surface area contributed by atoms with Gasteiger partial charge in [0.25, 0.3) is 5.69 Å². The Bertz CT molecular complexity index is 718. The summed E-state index contributed by atoms with van der Waals surface area (Å²) in [6, 6.07) is 5.51. The number of benzene rings is 1. The molecule has 0 unspecified atom stereocenters. The summed E-state index contributed by atoms with van der Waals surface area (Å²) in [4.78, 5) is 10.3. The van der Waals surface area contributed by atoms with Gasteiger partial charge in [-0.15, -0.1) is 0 Å². The SMILES string of the molecule is O=[N+]([O-])c1ccccc1S(=O)(=O)NC1C2CC3CC(C2)CC1C3. The average molecular weight is 336 g/mol. The molecule has 0 radical (unpaired) electrons. The van der Waals surface area contributed by atoms with Gasteiger partial charge in [-0.1, -0.05) is 12.1 Å². The van der Waals surface area contributed by atoms with Crippen LogP contribution in [-0.4, -0.2) is 19.4 Å². The van der Waals surface area contributed by atoms with Crippen molar-refractivity contribution in [3.63, 3.8) is 0 Å². The van der Waals surface area contributed by atoms with E-state index in [0.29, 0.717) is 11.8 Å². The van der Waals surface area contributed by atoms with E-state index in [-0.39, 0.29) is 16.6 Å². The Hall–Kier alpha value is -1.47. The number of nitro groups is 1. The van der Waals surface area contributed by atoms with Gasteiger partial charge in [-0.25, -0.2) is 13.1 Å². The first-order valence-electron chi connectivity index (χ1n) is 8.20. The van der Waals surface area contributed by atoms with Crippen LogP contribution >= 0.6 is 0 Å². The van der Waals surface area contributed by atoms with Gasteiger partial charge in [0.1, 0.15) is 0 Å². The lowest BCUT2D eigenvalue weighted by Gasteiger charge is -2.54. The summed E-state index contributed by atoms with van der Waals surface area (Å²) in [7, 11) is -3.87. The molecule has 0 aromatic heterocycles. The Labute approximate surface area is 135 Å². The number of nitrogens with one attached hydrogen (secondary N) is 1. The molecule has 5 rings (SSSR count). The topological polar surface area (TPSA) is 89.3 Å². The summed E-state index contributed by atoms with van der Waals surface area (Å²) < 4.78 is 28.3. The maximum atomic E-state index is 12.7. The van der Waals surface area contributed by atoms with Crippen LogP contribution in [0.15, 0.2) is 29.2 Å². The van der Waals surface area contributed by atoms with Crippen molar-refractivity contribution in [3.05, 3.63) is 34.4 Å². The highest BCUT2D eigenvalue weighted by Crippen LogP contribution is 2.54. The minimum atomic E-state index is -3.87. The van der Waals surface area contributed by atoms with Crippen LogP contribution in [-0.2, 0) is 10.0 Å². The van der Waals surface area contributed by atoms with Crippen molar-refractivity contribution in [1.82, 2.24) is 4.72 Å². The molecule has 7 heteroatoms. The third-order valence-corrected chi connectivity index (χ3v) is 7.38. The van der Waals surface area contributed by atoms with E-state index in [0.717, 1.165) is 37.5 Å². The highest BCUT2D eigenvalue weighted by atomic mass is 32.2. The Morgan fingerprint density at radius 3 is 2.13 bits per heavy atom. The monoisotopic (exact) mass is 336 g/mol. The molecule has 1 N–H and O–H groups in total. The van der Waals surface area contributed by atoms with Crippen LogP contribution in [0.5, 0.6) is 0 Å². The first kappa shape index (κ1) is 15.1. The van der Waals surface area contributed by atoms with Gasteiger partial charge in [-0.3, -0.25) is 10.1 Å². The van der Waals surface area contributed by atoms with Gasteiger partial charge in [0.15, 0.2) is 4.90 Å². The maximum Gasteiger partial charge on any atom is 0.289 e. The average Bonchev–Trinajstić information content (AvgIpc) is 2.50. The lowest BCUT2D eigenvalue weighted by Crippen LogP contribution is -2.55. The Kier molecular flexibility index (Phi) is 3.46. The predicted octanol–water partition coefficient (Wildman–Crippen LogP) is 2.70. The van der Waals surface area contributed by atoms with Crippen LogP contribution in [0.2, 0.25) is 0 Å². The Morgan fingerprint density at radius 1 is 1.00 bits per heavy atom. The fraction of sp³-hybridized carbons (Fsp3) is 0.625.